The fourth-order valence-corrected chi connectivity index (χ4v) is 3.77. The van der Waals surface area contributed by atoms with Gasteiger partial charge in [-0.2, -0.15) is 0 Å². The quantitative estimate of drug-likeness (QED) is 0.556. The minimum Gasteiger partial charge on any atom is -0.266 e. The minimum absolute atomic E-state index is 0.740. The van der Waals surface area contributed by atoms with Crippen molar-refractivity contribution in [3.63, 3.8) is 0 Å². The third-order valence-electron chi connectivity index (χ3n) is 3.12. The van der Waals surface area contributed by atoms with Crippen LogP contribution in [-0.4, -0.2) is 13.5 Å². The first kappa shape index (κ1) is 16.0. The summed E-state index contributed by atoms with van der Waals surface area (Å²) in [7, 11) is -1.26. The molecule has 110 valence electrons. The van der Waals surface area contributed by atoms with Crippen molar-refractivity contribution in [2.24, 2.45) is 0 Å². The van der Waals surface area contributed by atoms with Gasteiger partial charge in [-0.3, -0.25) is 3.97 Å². The lowest BCUT2D eigenvalue weighted by molar-refractivity contribution is 0.680. The Morgan fingerprint density at radius 3 is 3.05 bits per heavy atom. The Hall–Kier alpha value is -1.39. The van der Waals surface area contributed by atoms with Gasteiger partial charge in [-0.05, 0) is 42.4 Å². The number of fused-ring (bicyclic) bond motifs is 1. The van der Waals surface area contributed by atoms with Gasteiger partial charge >= 0.3 is 0 Å². The molecule has 1 aliphatic carbocycles. The fourth-order valence-electron chi connectivity index (χ4n) is 2.17. The molecule has 1 aromatic rings. The maximum atomic E-state index is 12.8. The van der Waals surface area contributed by atoms with Gasteiger partial charge < -0.3 is 0 Å². The fraction of sp³-hybridized carbons (Fsp3) is 0.176. The van der Waals surface area contributed by atoms with Crippen LogP contribution in [0.1, 0.15) is 18.2 Å². The molecular weight excluding hydrogens is 346 g/mol. The van der Waals surface area contributed by atoms with Gasteiger partial charge in [0.2, 0.25) is 0 Å². The third-order valence-corrected chi connectivity index (χ3v) is 5.14. The average Bonchev–Trinajstić information content (AvgIpc) is 2.76. The van der Waals surface area contributed by atoms with Crippen molar-refractivity contribution in [3.8, 4) is 0 Å². The van der Waals surface area contributed by atoms with Gasteiger partial charge in [-0.15, -0.1) is 0 Å². The monoisotopic (exact) mass is 363 g/mol. The van der Waals surface area contributed by atoms with Gasteiger partial charge in [-0.1, -0.05) is 46.8 Å². The molecule has 1 aromatic heterocycles. The highest BCUT2D eigenvalue weighted by atomic mass is 79.9. The van der Waals surface area contributed by atoms with Gasteiger partial charge in [-0.25, -0.2) is 4.21 Å². The summed E-state index contributed by atoms with van der Waals surface area (Å²) in [6.07, 6.45) is 16.2. The predicted octanol–water partition coefficient (Wildman–Crippen LogP) is 4.54. The number of alkyl halides is 1. The molecule has 0 fully saturated rings. The second kappa shape index (κ2) is 7.57. The number of halogens is 1. The summed E-state index contributed by atoms with van der Waals surface area (Å²) >= 11 is 3.48. The predicted molar refractivity (Wildman–Crippen MR) is 95.7 cm³/mol. The lowest BCUT2D eigenvalue weighted by Gasteiger charge is -2.08. The Morgan fingerprint density at radius 1 is 1.57 bits per heavy atom. The van der Waals surface area contributed by atoms with Gasteiger partial charge in [0.25, 0.3) is 0 Å². The zero-order valence-corrected chi connectivity index (χ0v) is 14.4. The molecule has 0 aromatic carbocycles. The zero-order chi connectivity index (χ0) is 15.2. The van der Waals surface area contributed by atoms with Crippen LogP contribution in [0.2, 0.25) is 0 Å². The largest absolute Gasteiger partial charge is 0.266 e. The van der Waals surface area contributed by atoms with Crippen LogP contribution in [0.15, 0.2) is 65.8 Å². The van der Waals surface area contributed by atoms with E-state index in [1.54, 1.807) is 12.2 Å². The van der Waals surface area contributed by atoms with Crippen molar-refractivity contribution in [3.05, 3.63) is 77.0 Å². The highest BCUT2D eigenvalue weighted by Gasteiger charge is 2.15. The van der Waals surface area contributed by atoms with Crippen LogP contribution in [0.5, 0.6) is 0 Å². The molecule has 0 N–H and O–H groups in total. The van der Waals surface area contributed by atoms with Crippen molar-refractivity contribution in [1.29, 1.82) is 0 Å². The van der Waals surface area contributed by atoms with E-state index in [0.717, 1.165) is 27.9 Å². The van der Waals surface area contributed by atoms with Crippen LogP contribution < -0.4 is 0 Å². The Balaban J connectivity index is 2.44. The second-order valence-electron chi connectivity index (χ2n) is 4.56. The number of hydrogen-bond donors (Lipinski definition) is 0. The van der Waals surface area contributed by atoms with E-state index < -0.39 is 11.0 Å². The molecule has 1 heterocycles. The van der Waals surface area contributed by atoms with E-state index in [2.05, 4.69) is 40.7 Å². The molecule has 2 rings (SSSR count). The number of aromatic nitrogens is 1. The van der Waals surface area contributed by atoms with Crippen molar-refractivity contribution in [2.45, 2.75) is 13.3 Å². The van der Waals surface area contributed by atoms with Crippen LogP contribution >= 0.6 is 15.9 Å². The van der Waals surface area contributed by atoms with Gasteiger partial charge in [0.1, 0.15) is 0 Å². The van der Waals surface area contributed by atoms with E-state index >= 15 is 0 Å². The molecule has 1 unspecified atom stereocenters. The Labute approximate surface area is 137 Å². The summed E-state index contributed by atoms with van der Waals surface area (Å²) in [5.74, 6) is 0. The summed E-state index contributed by atoms with van der Waals surface area (Å²) in [6, 6.07) is 2.02. The van der Waals surface area contributed by atoms with E-state index in [1.807, 2.05) is 35.3 Å². The van der Waals surface area contributed by atoms with E-state index in [-0.39, 0.29) is 0 Å². The van der Waals surface area contributed by atoms with E-state index in [1.165, 1.54) is 5.57 Å². The zero-order valence-electron chi connectivity index (χ0n) is 12.0. The molecule has 1 atom stereocenters. The molecule has 1 aliphatic rings. The van der Waals surface area contributed by atoms with Gasteiger partial charge in [0.15, 0.2) is 11.0 Å². The summed E-state index contributed by atoms with van der Waals surface area (Å²) in [5, 5.41) is 0.817. The highest BCUT2D eigenvalue weighted by Crippen LogP contribution is 2.23. The maximum Gasteiger partial charge on any atom is 0.156 e. The summed E-state index contributed by atoms with van der Waals surface area (Å²) in [5.41, 5.74) is 3.41. The normalized spacial score (nSPS) is 16.5. The third kappa shape index (κ3) is 3.63. The van der Waals surface area contributed by atoms with Gasteiger partial charge in [0.05, 0.1) is 4.91 Å². The molecule has 0 aliphatic heterocycles. The molecule has 0 radical (unpaired) electrons. The van der Waals surface area contributed by atoms with Gasteiger partial charge in [0, 0.05) is 23.6 Å². The van der Waals surface area contributed by atoms with Crippen molar-refractivity contribution in [2.75, 3.05) is 5.33 Å². The molecular formula is C17H18BrNOS. The maximum absolute atomic E-state index is 12.8. The van der Waals surface area contributed by atoms with Crippen LogP contribution in [0.25, 0.3) is 6.08 Å². The van der Waals surface area contributed by atoms with Crippen LogP contribution in [0, 0.1) is 0 Å². The lowest BCUT2D eigenvalue weighted by atomic mass is 10.2. The Bertz CT molecular complexity index is 677. The standard InChI is InChI=1S/C17H18BrNOS/c1-3-6-16(7-4-2)21(20)19-11-10-15-12-14(13-18)8-5-9-17(15)19/h3-8,10-12H,1,9,13H2,2H3/b7-4-,16-6+. The Kier molecular flexibility index (Phi) is 5.76. The lowest BCUT2D eigenvalue weighted by Crippen LogP contribution is -2.08. The average molecular weight is 364 g/mol. The number of nitrogens with zero attached hydrogens (tertiary/aromatic N) is 1. The molecule has 21 heavy (non-hydrogen) atoms. The number of allylic oxidation sites excluding steroid dienone is 7. The molecule has 4 heteroatoms. The second-order valence-corrected chi connectivity index (χ2v) is 6.48. The first-order chi connectivity index (χ1) is 10.2. The molecule has 2 nitrogen and oxygen atoms in total. The molecule has 0 saturated heterocycles. The molecule has 0 saturated carbocycles. The molecule has 0 bridgehead atoms. The van der Waals surface area contributed by atoms with Crippen LogP contribution in [-0.2, 0) is 17.4 Å². The van der Waals surface area contributed by atoms with E-state index in [4.69, 9.17) is 0 Å². The van der Waals surface area contributed by atoms with E-state index in [9.17, 15) is 4.21 Å². The van der Waals surface area contributed by atoms with E-state index in [0.29, 0.717) is 0 Å². The highest BCUT2D eigenvalue weighted by molar-refractivity contribution is 9.09. The van der Waals surface area contributed by atoms with Crippen molar-refractivity contribution >= 4 is 33.0 Å². The molecule has 0 spiro atoms. The number of hydrogen-bond acceptors (Lipinski definition) is 1. The minimum atomic E-state index is -1.26. The first-order valence-electron chi connectivity index (χ1n) is 6.72. The van der Waals surface area contributed by atoms with Crippen LogP contribution in [0.3, 0.4) is 0 Å². The Morgan fingerprint density at radius 2 is 2.38 bits per heavy atom. The summed E-state index contributed by atoms with van der Waals surface area (Å²) in [6.45, 7) is 5.60. The summed E-state index contributed by atoms with van der Waals surface area (Å²) in [4.78, 5) is 0.740. The summed E-state index contributed by atoms with van der Waals surface area (Å²) < 4.78 is 14.6. The smallest absolute Gasteiger partial charge is 0.156 e. The number of rotatable bonds is 5. The van der Waals surface area contributed by atoms with Crippen molar-refractivity contribution < 1.29 is 4.21 Å². The topological polar surface area (TPSA) is 22.0 Å². The van der Waals surface area contributed by atoms with Crippen LogP contribution in [0.4, 0.5) is 0 Å². The molecule has 0 amide bonds. The SMILES string of the molecule is C=C/C=C(\C=C/C)S(=O)n1ccc2c1CC=CC(CBr)=C2. The first-order valence-corrected chi connectivity index (χ1v) is 8.95. The van der Waals surface area contributed by atoms with Crippen molar-refractivity contribution in [1.82, 2.24) is 3.97 Å².